The third-order valence-electron chi connectivity index (χ3n) is 4.09. The van der Waals surface area contributed by atoms with Crippen molar-refractivity contribution in [3.8, 4) is 0 Å². The summed E-state index contributed by atoms with van der Waals surface area (Å²) in [6.07, 6.45) is 1.33. The van der Waals surface area contributed by atoms with Crippen LogP contribution in [-0.4, -0.2) is 35.7 Å². The summed E-state index contributed by atoms with van der Waals surface area (Å²) in [5.74, 6) is 0.759. The van der Waals surface area contributed by atoms with Gasteiger partial charge in [-0.05, 0) is 30.4 Å². The molecule has 0 radical (unpaired) electrons. The van der Waals surface area contributed by atoms with E-state index in [1.54, 1.807) is 6.07 Å². The summed E-state index contributed by atoms with van der Waals surface area (Å²) in [4.78, 5) is 14.2. The van der Waals surface area contributed by atoms with E-state index in [9.17, 15) is 9.90 Å². The Kier molecular flexibility index (Phi) is 3.59. The molecule has 0 spiro atoms. The van der Waals surface area contributed by atoms with Gasteiger partial charge in [0.2, 0.25) is 0 Å². The van der Waals surface area contributed by atoms with Crippen LogP contribution in [0.3, 0.4) is 0 Å². The Balaban J connectivity index is 1.85. The van der Waals surface area contributed by atoms with E-state index >= 15 is 0 Å². The average Bonchev–Trinajstić information content (AvgIpc) is 2.87. The topological polar surface area (TPSA) is 53.7 Å². The zero-order chi connectivity index (χ0) is 14.1. The number of likely N-dealkylation sites (tertiary alicyclic amines) is 1. The van der Waals surface area contributed by atoms with Crippen molar-refractivity contribution in [1.29, 1.82) is 0 Å². The first-order valence-electron chi connectivity index (χ1n) is 7.07. The summed E-state index contributed by atoms with van der Waals surface area (Å²) >= 11 is 0. The first kappa shape index (κ1) is 13.3. The van der Waals surface area contributed by atoms with Gasteiger partial charge < -0.3 is 14.4 Å². The second-order valence-corrected chi connectivity index (χ2v) is 5.48. The first-order valence-corrected chi connectivity index (χ1v) is 7.07. The molecular formula is C16H19NO3. The summed E-state index contributed by atoms with van der Waals surface area (Å²) in [5.41, 5.74) is 0.780. The average molecular weight is 273 g/mol. The highest BCUT2D eigenvalue weighted by atomic mass is 16.4. The molecule has 2 heterocycles. The van der Waals surface area contributed by atoms with Crippen molar-refractivity contribution in [2.75, 3.05) is 19.6 Å². The number of hydrogen-bond donors (Lipinski definition) is 1. The molecule has 3 rings (SSSR count). The number of aliphatic hydroxyl groups is 1. The van der Waals surface area contributed by atoms with Crippen LogP contribution in [-0.2, 0) is 6.42 Å². The molecule has 106 valence electrons. The molecule has 1 unspecified atom stereocenters. The van der Waals surface area contributed by atoms with E-state index in [0.717, 1.165) is 42.8 Å². The Hall–Kier alpha value is -1.65. The van der Waals surface area contributed by atoms with Crippen LogP contribution in [0, 0.1) is 6.92 Å². The molecule has 1 saturated heterocycles. The SMILES string of the molecule is Cc1c(CCN2CCC(O)C2)oc(=O)c2ccccc12. The molecule has 2 aromatic rings. The number of aryl methyl sites for hydroxylation is 1. The van der Waals surface area contributed by atoms with E-state index in [1.807, 2.05) is 25.1 Å². The van der Waals surface area contributed by atoms with Gasteiger partial charge in [-0.2, -0.15) is 0 Å². The Bertz CT molecular complexity index is 677. The number of rotatable bonds is 3. The lowest BCUT2D eigenvalue weighted by Crippen LogP contribution is -2.25. The molecule has 20 heavy (non-hydrogen) atoms. The fraction of sp³-hybridized carbons (Fsp3) is 0.438. The van der Waals surface area contributed by atoms with Gasteiger partial charge in [0.1, 0.15) is 5.76 Å². The van der Waals surface area contributed by atoms with E-state index in [4.69, 9.17) is 4.42 Å². The molecule has 1 aromatic heterocycles. The van der Waals surface area contributed by atoms with Gasteiger partial charge in [-0.15, -0.1) is 0 Å². The van der Waals surface area contributed by atoms with Crippen molar-refractivity contribution in [2.45, 2.75) is 25.9 Å². The van der Waals surface area contributed by atoms with Crippen molar-refractivity contribution in [3.05, 3.63) is 46.0 Å². The normalized spacial score (nSPS) is 19.8. The minimum atomic E-state index is -0.261. The maximum atomic E-state index is 12.0. The van der Waals surface area contributed by atoms with Crippen molar-refractivity contribution >= 4 is 10.8 Å². The zero-order valence-electron chi connectivity index (χ0n) is 11.6. The highest BCUT2D eigenvalue weighted by molar-refractivity contribution is 5.84. The van der Waals surface area contributed by atoms with Crippen LogP contribution in [0.2, 0.25) is 0 Å². The molecular weight excluding hydrogens is 254 g/mol. The maximum absolute atomic E-state index is 12.0. The van der Waals surface area contributed by atoms with Crippen molar-refractivity contribution < 1.29 is 9.52 Å². The third kappa shape index (κ3) is 2.49. The lowest BCUT2D eigenvalue weighted by atomic mass is 10.1. The number of benzene rings is 1. The highest BCUT2D eigenvalue weighted by Gasteiger charge is 2.20. The smallest absolute Gasteiger partial charge is 0.343 e. The van der Waals surface area contributed by atoms with Gasteiger partial charge in [-0.1, -0.05) is 18.2 Å². The molecule has 1 aliphatic rings. The highest BCUT2D eigenvalue weighted by Crippen LogP contribution is 2.19. The zero-order valence-corrected chi connectivity index (χ0v) is 11.6. The second-order valence-electron chi connectivity index (χ2n) is 5.48. The van der Waals surface area contributed by atoms with Crippen LogP contribution < -0.4 is 5.63 Å². The molecule has 0 bridgehead atoms. The largest absolute Gasteiger partial charge is 0.427 e. The van der Waals surface area contributed by atoms with Crippen LogP contribution >= 0.6 is 0 Å². The van der Waals surface area contributed by atoms with E-state index in [0.29, 0.717) is 11.8 Å². The first-order chi connectivity index (χ1) is 9.65. The minimum absolute atomic E-state index is 0.209. The molecule has 1 fully saturated rings. The number of β-amino-alcohol motifs (C(OH)–C–C–N with tert-alkyl or cyclic N) is 1. The predicted molar refractivity (Wildman–Crippen MR) is 78.0 cm³/mol. The standard InChI is InChI=1S/C16H19NO3/c1-11-13-4-2-3-5-14(13)16(19)20-15(11)7-9-17-8-6-12(18)10-17/h2-5,12,18H,6-10H2,1H3. The minimum Gasteiger partial charge on any atom is -0.427 e. The monoisotopic (exact) mass is 273 g/mol. The van der Waals surface area contributed by atoms with E-state index in [1.165, 1.54) is 0 Å². The molecule has 1 atom stereocenters. The fourth-order valence-electron chi connectivity index (χ4n) is 2.90. The number of hydrogen-bond acceptors (Lipinski definition) is 4. The Morgan fingerprint density at radius 2 is 2.10 bits per heavy atom. The lowest BCUT2D eigenvalue weighted by molar-refractivity contribution is 0.176. The Morgan fingerprint density at radius 3 is 2.80 bits per heavy atom. The predicted octanol–water partition coefficient (Wildman–Crippen LogP) is 1.71. The quantitative estimate of drug-likeness (QED) is 0.925. The number of nitrogens with zero attached hydrogens (tertiary/aromatic N) is 1. The Labute approximate surface area is 117 Å². The molecule has 4 heteroatoms. The third-order valence-corrected chi connectivity index (χ3v) is 4.09. The van der Waals surface area contributed by atoms with Crippen LogP contribution in [0.15, 0.2) is 33.5 Å². The van der Waals surface area contributed by atoms with Crippen molar-refractivity contribution in [1.82, 2.24) is 4.90 Å². The van der Waals surface area contributed by atoms with E-state index < -0.39 is 0 Å². The summed E-state index contributed by atoms with van der Waals surface area (Å²) < 4.78 is 5.46. The number of aliphatic hydroxyl groups excluding tert-OH is 1. The summed E-state index contributed by atoms with van der Waals surface area (Å²) in [6.45, 7) is 4.45. The van der Waals surface area contributed by atoms with Gasteiger partial charge in [-0.3, -0.25) is 0 Å². The van der Waals surface area contributed by atoms with Gasteiger partial charge >= 0.3 is 5.63 Å². The fourth-order valence-corrected chi connectivity index (χ4v) is 2.90. The summed E-state index contributed by atoms with van der Waals surface area (Å²) in [7, 11) is 0. The molecule has 0 aliphatic carbocycles. The van der Waals surface area contributed by atoms with Crippen LogP contribution in [0.25, 0.3) is 10.8 Å². The molecule has 1 aromatic carbocycles. The number of fused-ring (bicyclic) bond motifs is 1. The van der Waals surface area contributed by atoms with Gasteiger partial charge in [0.05, 0.1) is 11.5 Å². The van der Waals surface area contributed by atoms with Crippen LogP contribution in [0.4, 0.5) is 0 Å². The molecule has 0 amide bonds. The summed E-state index contributed by atoms with van der Waals surface area (Å²) in [6, 6.07) is 7.55. The summed E-state index contributed by atoms with van der Waals surface area (Å²) in [5, 5.41) is 11.1. The molecule has 1 aliphatic heterocycles. The van der Waals surface area contributed by atoms with Gasteiger partial charge in [0.15, 0.2) is 0 Å². The second kappa shape index (κ2) is 5.38. The van der Waals surface area contributed by atoms with Gasteiger partial charge in [0.25, 0.3) is 0 Å². The van der Waals surface area contributed by atoms with Crippen LogP contribution in [0.5, 0.6) is 0 Å². The van der Waals surface area contributed by atoms with Crippen molar-refractivity contribution in [2.24, 2.45) is 0 Å². The van der Waals surface area contributed by atoms with E-state index in [-0.39, 0.29) is 11.7 Å². The van der Waals surface area contributed by atoms with E-state index in [2.05, 4.69) is 4.90 Å². The van der Waals surface area contributed by atoms with Crippen LogP contribution in [0.1, 0.15) is 17.7 Å². The molecule has 0 saturated carbocycles. The van der Waals surface area contributed by atoms with Gasteiger partial charge in [-0.25, -0.2) is 4.79 Å². The molecule has 1 N–H and O–H groups in total. The Morgan fingerprint density at radius 1 is 1.35 bits per heavy atom. The maximum Gasteiger partial charge on any atom is 0.343 e. The lowest BCUT2D eigenvalue weighted by Gasteiger charge is -2.15. The van der Waals surface area contributed by atoms with Gasteiger partial charge in [0, 0.05) is 26.1 Å². The van der Waals surface area contributed by atoms with Crippen molar-refractivity contribution in [3.63, 3.8) is 0 Å². The molecule has 4 nitrogen and oxygen atoms in total.